The van der Waals surface area contributed by atoms with E-state index in [9.17, 15) is 14.4 Å². The molecule has 1 heterocycles. The summed E-state index contributed by atoms with van der Waals surface area (Å²) in [5.41, 5.74) is 3.87. The first kappa shape index (κ1) is 29.7. The fourth-order valence-electron chi connectivity index (χ4n) is 5.41. The van der Waals surface area contributed by atoms with Gasteiger partial charge in [0.15, 0.2) is 28.8 Å². The monoisotopic (exact) mass is 563 g/mol. The lowest BCUT2D eigenvalue weighted by Crippen LogP contribution is -2.36. The van der Waals surface area contributed by atoms with Crippen LogP contribution in [-0.2, 0) is 19.1 Å². The predicted molar refractivity (Wildman–Crippen MR) is 152 cm³/mol. The summed E-state index contributed by atoms with van der Waals surface area (Å²) in [6, 6.07) is 10.8. The first-order valence-corrected chi connectivity index (χ1v) is 13.6. The highest BCUT2D eigenvalue weighted by Crippen LogP contribution is 2.47. The number of dihydropyridines is 1. The van der Waals surface area contributed by atoms with E-state index in [1.807, 2.05) is 39.0 Å². The number of esters is 2. The van der Waals surface area contributed by atoms with Gasteiger partial charge < -0.3 is 29.0 Å². The molecule has 2 aromatic rings. The molecule has 0 fully saturated rings. The Balaban J connectivity index is 1.80. The average Bonchev–Trinajstić information content (AvgIpc) is 2.94. The van der Waals surface area contributed by atoms with Crippen LogP contribution in [0.4, 0.5) is 0 Å². The van der Waals surface area contributed by atoms with E-state index in [1.54, 1.807) is 32.4 Å². The molecule has 0 amide bonds. The topological polar surface area (TPSA) is 109 Å². The van der Waals surface area contributed by atoms with Gasteiger partial charge in [-0.3, -0.25) is 9.59 Å². The third-order valence-electron chi connectivity index (χ3n) is 7.25. The Labute approximate surface area is 240 Å². The van der Waals surface area contributed by atoms with Crippen molar-refractivity contribution in [2.75, 3.05) is 27.9 Å². The maximum absolute atomic E-state index is 14.0. The molecule has 0 radical (unpaired) electrons. The summed E-state index contributed by atoms with van der Waals surface area (Å²) in [6.07, 6.45) is 0.809. The summed E-state index contributed by atoms with van der Waals surface area (Å²) in [5, 5.41) is 3.37. The first-order valence-electron chi connectivity index (χ1n) is 13.6. The van der Waals surface area contributed by atoms with Gasteiger partial charge in [-0.25, -0.2) is 4.79 Å². The van der Waals surface area contributed by atoms with Gasteiger partial charge in [-0.05, 0) is 60.6 Å². The molecule has 4 rings (SSSR count). The van der Waals surface area contributed by atoms with E-state index < -0.39 is 17.9 Å². The second-order valence-corrected chi connectivity index (χ2v) is 10.6. The van der Waals surface area contributed by atoms with Gasteiger partial charge in [0.2, 0.25) is 0 Å². The molecular formula is C32H37NO8. The number of Topliss-reactive ketones (excluding diaryl/α,β-unsaturated/α-hetero) is 1. The standard InChI is InChI=1S/C32H37NO8/c1-17(2)16-40-32(36)29-18(3)33-23-12-22(20-8-10-25(37-5)27(14-20)38-6)13-24(35)31(23)30(29)21-9-11-26(41-19(4)34)28(15-21)39-7/h8-11,14-15,17,22,30,33H,12-13,16H2,1-7H3/t22-,30+/m0/s1. The van der Waals surface area contributed by atoms with E-state index in [0.29, 0.717) is 46.1 Å². The molecular weight excluding hydrogens is 526 g/mol. The van der Waals surface area contributed by atoms with Crippen molar-refractivity contribution in [2.24, 2.45) is 5.92 Å². The van der Waals surface area contributed by atoms with Gasteiger partial charge in [-0.2, -0.15) is 0 Å². The van der Waals surface area contributed by atoms with Crippen molar-refractivity contribution in [2.45, 2.75) is 52.4 Å². The van der Waals surface area contributed by atoms with Gasteiger partial charge in [-0.15, -0.1) is 0 Å². The van der Waals surface area contributed by atoms with Crippen molar-refractivity contribution in [3.8, 4) is 23.0 Å². The van der Waals surface area contributed by atoms with Crippen LogP contribution in [0.3, 0.4) is 0 Å². The maximum atomic E-state index is 14.0. The van der Waals surface area contributed by atoms with Gasteiger partial charge >= 0.3 is 11.9 Å². The molecule has 0 saturated heterocycles. The number of carbonyl (C=O) groups excluding carboxylic acids is 3. The molecule has 0 unspecified atom stereocenters. The number of carbonyl (C=O) groups is 3. The molecule has 2 aliphatic rings. The molecule has 0 spiro atoms. The van der Waals surface area contributed by atoms with E-state index in [-0.39, 0.29) is 36.4 Å². The largest absolute Gasteiger partial charge is 0.493 e. The van der Waals surface area contributed by atoms with Gasteiger partial charge in [0.1, 0.15) is 0 Å². The van der Waals surface area contributed by atoms with Crippen LogP contribution in [0.15, 0.2) is 58.9 Å². The molecule has 0 bridgehead atoms. The average molecular weight is 564 g/mol. The predicted octanol–water partition coefficient (Wildman–Crippen LogP) is 5.20. The number of ether oxygens (including phenoxy) is 5. The number of methoxy groups -OCH3 is 3. The van der Waals surface area contributed by atoms with Crippen LogP contribution in [-0.4, -0.2) is 45.7 Å². The van der Waals surface area contributed by atoms with Crippen molar-refractivity contribution < 1.29 is 38.1 Å². The molecule has 218 valence electrons. The summed E-state index contributed by atoms with van der Waals surface area (Å²) in [7, 11) is 4.63. The van der Waals surface area contributed by atoms with Crippen LogP contribution in [0, 0.1) is 5.92 Å². The highest BCUT2D eigenvalue weighted by molar-refractivity contribution is 6.04. The van der Waals surface area contributed by atoms with E-state index >= 15 is 0 Å². The summed E-state index contributed by atoms with van der Waals surface area (Å²) in [6.45, 7) is 7.30. The third-order valence-corrected chi connectivity index (χ3v) is 7.25. The lowest BCUT2D eigenvalue weighted by molar-refractivity contribution is -0.140. The number of allylic oxidation sites excluding steroid dienone is 3. The number of ketones is 1. The fourth-order valence-corrected chi connectivity index (χ4v) is 5.41. The van der Waals surface area contributed by atoms with Gasteiger partial charge in [0.05, 0.1) is 33.5 Å². The van der Waals surface area contributed by atoms with Crippen LogP contribution >= 0.6 is 0 Å². The Morgan fingerprint density at radius 2 is 1.51 bits per heavy atom. The van der Waals surface area contributed by atoms with Crippen molar-refractivity contribution >= 4 is 17.7 Å². The minimum absolute atomic E-state index is 0.0757. The van der Waals surface area contributed by atoms with Gasteiger partial charge in [-0.1, -0.05) is 26.0 Å². The van der Waals surface area contributed by atoms with Gasteiger partial charge in [0, 0.05) is 36.2 Å². The lowest BCUT2D eigenvalue weighted by Gasteiger charge is -2.37. The summed E-state index contributed by atoms with van der Waals surface area (Å²) >= 11 is 0. The molecule has 2 atom stereocenters. The maximum Gasteiger partial charge on any atom is 0.336 e. The zero-order valence-corrected chi connectivity index (χ0v) is 24.6. The molecule has 1 N–H and O–H groups in total. The second kappa shape index (κ2) is 12.5. The van der Waals surface area contributed by atoms with Crippen molar-refractivity contribution in [1.82, 2.24) is 5.32 Å². The first-order chi connectivity index (χ1) is 19.6. The van der Waals surface area contributed by atoms with Crippen LogP contribution in [0.5, 0.6) is 23.0 Å². The number of hydrogen-bond acceptors (Lipinski definition) is 9. The quantitative estimate of drug-likeness (QED) is 0.325. The Kier molecular flexibility index (Phi) is 9.05. The SMILES string of the molecule is COc1ccc([C@@H]2CC(=O)C3=C(C2)NC(C)=C(C(=O)OCC(C)C)[C@H]3c2ccc(OC(C)=O)c(OC)c2)cc1OC. The molecule has 41 heavy (non-hydrogen) atoms. The fraction of sp³-hybridized carbons (Fsp3) is 0.406. The Bertz CT molecular complexity index is 1420. The van der Waals surface area contributed by atoms with E-state index in [1.165, 1.54) is 14.0 Å². The molecule has 0 saturated carbocycles. The minimum atomic E-state index is -0.690. The number of benzene rings is 2. The lowest BCUT2D eigenvalue weighted by atomic mass is 9.71. The molecule has 9 heteroatoms. The van der Waals surface area contributed by atoms with Crippen molar-refractivity contribution in [3.63, 3.8) is 0 Å². The Morgan fingerprint density at radius 1 is 0.902 bits per heavy atom. The second-order valence-electron chi connectivity index (χ2n) is 10.6. The van der Waals surface area contributed by atoms with E-state index in [2.05, 4.69) is 5.32 Å². The Morgan fingerprint density at radius 3 is 2.15 bits per heavy atom. The van der Waals surface area contributed by atoms with Crippen molar-refractivity contribution in [3.05, 3.63) is 70.1 Å². The molecule has 1 aliphatic carbocycles. The number of rotatable bonds is 9. The highest BCUT2D eigenvalue weighted by atomic mass is 16.6. The smallest absolute Gasteiger partial charge is 0.336 e. The minimum Gasteiger partial charge on any atom is -0.493 e. The van der Waals surface area contributed by atoms with Gasteiger partial charge in [0.25, 0.3) is 0 Å². The zero-order valence-electron chi connectivity index (χ0n) is 24.6. The highest BCUT2D eigenvalue weighted by Gasteiger charge is 2.42. The van der Waals surface area contributed by atoms with E-state index in [4.69, 9.17) is 23.7 Å². The van der Waals surface area contributed by atoms with Crippen LogP contribution in [0.25, 0.3) is 0 Å². The molecule has 1 aliphatic heterocycles. The third kappa shape index (κ3) is 6.24. The summed E-state index contributed by atoms with van der Waals surface area (Å²) in [5.74, 6) is 0.0826. The van der Waals surface area contributed by atoms with E-state index in [0.717, 1.165) is 11.3 Å². The number of hydrogen-bond donors (Lipinski definition) is 1. The molecule has 2 aromatic carbocycles. The zero-order chi connectivity index (χ0) is 29.8. The van der Waals surface area contributed by atoms with Crippen molar-refractivity contribution in [1.29, 1.82) is 0 Å². The molecule has 9 nitrogen and oxygen atoms in total. The van der Waals surface area contributed by atoms with Crippen LogP contribution in [0.2, 0.25) is 0 Å². The van der Waals surface area contributed by atoms with Crippen LogP contribution in [0.1, 0.15) is 63.5 Å². The summed E-state index contributed by atoms with van der Waals surface area (Å²) in [4.78, 5) is 39.0. The Hall–Kier alpha value is -4.27. The number of nitrogens with one attached hydrogen (secondary N) is 1. The van der Waals surface area contributed by atoms with Crippen LogP contribution < -0.4 is 24.3 Å². The summed E-state index contributed by atoms with van der Waals surface area (Å²) < 4.78 is 27.3. The normalized spacial score (nSPS) is 18.5. The molecule has 0 aromatic heterocycles.